The molecular weight excluding hydrogens is 423 g/mol. The van der Waals surface area contributed by atoms with Crippen LogP contribution in [-0.4, -0.2) is 35.6 Å². The van der Waals surface area contributed by atoms with Crippen LogP contribution in [0.5, 0.6) is 0 Å². The van der Waals surface area contributed by atoms with Crippen molar-refractivity contribution < 1.29 is 18.0 Å². The van der Waals surface area contributed by atoms with Crippen LogP contribution in [0.1, 0.15) is 31.9 Å². The second-order valence-electron chi connectivity index (χ2n) is 8.02. The third kappa shape index (κ3) is 7.99. The number of nitrogens with two attached hydrogens (primary N) is 2. The van der Waals surface area contributed by atoms with E-state index in [0.717, 1.165) is 17.3 Å². The quantitative estimate of drug-likeness (QED) is 0.191. The van der Waals surface area contributed by atoms with Crippen molar-refractivity contribution in [3.8, 4) is 0 Å². The molecule has 7 N–H and O–H groups in total. The summed E-state index contributed by atoms with van der Waals surface area (Å²) >= 11 is 0. The maximum Gasteiger partial charge on any atom is 0.416 e. The number of hydrogen-bond acceptors (Lipinski definition) is 5. The Kier molecular flexibility index (Phi) is 7.92. The first-order chi connectivity index (χ1) is 14.8. The number of benzene rings is 2. The second kappa shape index (κ2) is 10.2. The summed E-state index contributed by atoms with van der Waals surface area (Å²) in [5, 5.41) is 13.7. The summed E-state index contributed by atoms with van der Waals surface area (Å²) < 4.78 is 38.2. The fourth-order valence-corrected chi connectivity index (χ4v) is 2.62. The highest BCUT2D eigenvalue weighted by Crippen LogP contribution is 2.30. The van der Waals surface area contributed by atoms with E-state index in [9.17, 15) is 18.0 Å². The number of amidine groups is 1. The fourth-order valence-electron chi connectivity index (χ4n) is 2.62. The lowest BCUT2D eigenvalue weighted by molar-refractivity contribution is -0.137. The number of anilines is 2. The average molecular weight is 451 g/mol. The second-order valence-corrected chi connectivity index (χ2v) is 8.02. The molecule has 0 fully saturated rings. The number of alkyl halides is 3. The van der Waals surface area contributed by atoms with Gasteiger partial charge in [-0.3, -0.25) is 0 Å². The Balaban J connectivity index is 2.02. The lowest BCUT2D eigenvalue weighted by atomic mass is 10.1. The number of nitrogens with zero attached hydrogens (tertiary/aromatic N) is 2. The van der Waals surface area contributed by atoms with Gasteiger partial charge in [0, 0.05) is 29.0 Å². The number of hydrazone groups is 1. The number of hydrazine groups is 1. The van der Waals surface area contributed by atoms with E-state index in [-0.39, 0.29) is 30.5 Å². The smallest absolute Gasteiger partial charge is 0.382 e. The topological polar surface area (TPSA) is 121 Å². The number of carbonyl (C=O) groups excluding carboxylic acids is 1. The summed E-state index contributed by atoms with van der Waals surface area (Å²) in [6.07, 6.45) is -4.40. The zero-order valence-electron chi connectivity index (χ0n) is 18.1. The molecule has 8 nitrogen and oxygen atoms in total. The van der Waals surface area contributed by atoms with Crippen molar-refractivity contribution in [1.82, 2.24) is 15.8 Å². The van der Waals surface area contributed by atoms with Gasteiger partial charge in [-0.15, -0.1) is 5.10 Å². The maximum absolute atomic E-state index is 12.7. The Morgan fingerprint density at radius 1 is 1.06 bits per heavy atom. The number of amides is 2. The summed E-state index contributed by atoms with van der Waals surface area (Å²) in [6, 6.07) is 11.2. The summed E-state index contributed by atoms with van der Waals surface area (Å²) in [5.74, 6) is 5.95. The van der Waals surface area contributed by atoms with Crippen molar-refractivity contribution in [2.75, 3.05) is 18.4 Å². The maximum atomic E-state index is 12.7. The van der Waals surface area contributed by atoms with Gasteiger partial charge in [0.2, 0.25) is 0 Å². The van der Waals surface area contributed by atoms with E-state index in [0.29, 0.717) is 16.9 Å². The molecule has 0 aliphatic carbocycles. The molecule has 2 aromatic rings. The van der Waals surface area contributed by atoms with Crippen LogP contribution in [0.4, 0.5) is 29.3 Å². The van der Waals surface area contributed by atoms with Gasteiger partial charge in [-0.25, -0.2) is 15.8 Å². The molecule has 2 amide bonds. The molecule has 0 saturated carbocycles. The molecule has 0 bridgehead atoms. The highest BCUT2D eigenvalue weighted by atomic mass is 19.4. The molecule has 0 aliphatic heterocycles. The molecule has 32 heavy (non-hydrogen) atoms. The van der Waals surface area contributed by atoms with Crippen LogP contribution in [-0.2, 0) is 6.18 Å². The van der Waals surface area contributed by atoms with Crippen molar-refractivity contribution in [3.05, 3.63) is 59.7 Å². The minimum atomic E-state index is -4.40. The van der Waals surface area contributed by atoms with Gasteiger partial charge in [-0.1, -0.05) is 12.1 Å². The number of halogens is 3. The fraction of sp³-hybridized carbons (Fsp3) is 0.333. The SMILES string of the molecule is CC(C)(C)NC(=O)NCCN(N)/N=C(\N)c1ccccc1Nc1ccc(C(F)(F)F)cc1. The van der Waals surface area contributed by atoms with Crippen molar-refractivity contribution >= 4 is 23.2 Å². The van der Waals surface area contributed by atoms with E-state index in [1.165, 1.54) is 12.1 Å². The molecule has 11 heteroatoms. The number of urea groups is 1. The number of hydrogen-bond donors (Lipinski definition) is 5. The van der Waals surface area contributed by atoms with Gasteiger partial charge in [0.25, 0.3) is 0 Å². The molecule has 174 valence electrons. The summed E-state index contributed by atoms with van der Waals surface area (Å²) in [4.78, 5) is 11.8. The monoisotopic (exact) mass is 451 g/mol. The van der Waals surface area contributed by atoms with E-state index in [2.05, 4.69) is 21.1 Å². The van der Waals surface area contributed by atoms with E-state index in [4.69, 9.17) is 11.6 Å². The van der Waals surface area contributed by atoms with Crippen molar-refractivity contribution in [1.29, 1.82) is 0 Å². The van der Waals surface area contributed by atoms with Crippen LogP contribution >= 0.6 is 0 Å². The number of nitrogens with one attached hydrogen (secondary N) is 3. The molecule has 0 saturated heterocycles. The first-order valence-electron chi connectivity index (χ1n) is 9.81. The number of carbonyl (C=O) groups is 1. The van der Waals surface area contributed by atoms with Crippen LogP contribution in [0.2, 0.25) is 0 Å². The third-order valence-corrected chi connectivity index (χ3v) is 4.05. The van der Waals surface area contributed by atoms with E-state index in [1.54, 1.807) is 24.3 Å². The lowest BCUT2D eigenvalue weighted by Gasteiger charge is -2.21. The number of para-hydroxylation sites is 1. The van der Waals surface area contributed by atoms with Gasteiger partial charge in [-0.05, 0) is 57.2 Å². The molecular formula is C21H28F3N7O. The summed E-state index contributed by atoms with van der Waals surface area (Å²) in [6.45, 7) is 6.03. The zero-order chi connectivity index (χ0) is 23.9. The minimum absolute atomic E-state index is 0.0988. The van der Waals surface area contributed by atoms with Gasteiger partial charge in [0.1, 0.15) is 0 Å². The predicted molar refractivity (Wildman–Crippen MR) is 119 cm³/mol. The van der Waals surface area contributed by atoms with Crippen molar-refractivity contribution in [2.24, 2.45) is 16.7 Å². The van der Waals surface area contributed by atoms with Crippen LogP contribution < -0.4 is 27.5 Å². The van der Waals surface area contributed by atoms with Gasteiger partial charge in [0.05, 0.1) is 12.1 Å². The van der Waals surface area contributed by atoms with Crippen molar-refractivity contribution in [3.63, 3.8) is 0 Å². The van der Waals surface area contributed by atoms with Gasteiger partial charge in [0.15, 0.2) is 5.84 Å². The Labute approximate surface area is 184 Å². The molecule has 0 aliphatic rings. The van der Waals surface area contributed by atoms with E-state index >= 15 is 0 Å². The van der Waals surface area contributed by atoms with Gasteiger partial charge >= 0.3 is 12.2 Å². The largest absolute Gasteiger partial charge is 0.416 e. The minimum Gasteiger partial charge on any atom is -0.382 e. The molecule has 0 atom stereocenters. The Bertz CT molecular complexity index is 938. The van der Waals surface area contributed by atoms with E-state index in [1.807, 2.05) is 20.8 Å². The van der Waals surface area contributed by atoms with Crippen molar-refractivity contribution in [2.45, 2.75) is 32.5 Å². The van der Waals surface area contributed by atoms with Crippen LogP contribution in [0.25, 0.3) is 0 Å². The van der Waals surface area contributed by atoms with Crippen LogP contribution in [0.3, 0.4) is 0 Å². The molecule has 2 rings (SSSR count). The Morgan fingerprint density at radius 2 is 1.69 bits per heavy atom. The summed E-state index contributed by atoms with van der Waals surface area (Å²) in [5.41, 5.74) is 6.51. The van der Waals surface area contributed by atoms with Crippen LogP contribution in [0, 0.1) is 0 Å². The molecule has 0 radical (unpaired) electrons. The molecule has 0 heterocycles. The Hall–Kier alpha value is -3.47. The predicted octanol–water partition coefficient (Wildman–Crippen LogP) is 3.34. The third-order valence-electron chi connectivity index (χ3n) is 4.05. The lowest BCUT2D eigenvalue weighted by Crippen LogP contribution is -2.48. The standard InChI is InChI=1S/C21H28F3N7O/c1-20(2,3)29-19(32)27-12-13-31(26)30-18(25)16-6-4-5-7-17(16)28-15-10-8-14(9-11-15)21(22,23)24/h4-11,28H,12-13,26H2,1-3H3,(H2,25,30)(H2,27,29,32). The van der Waals surface area contributed by atoms with Gasteiger partial charge in [-0.2, -0.15) is 13.2 Å². The molecule has 2 aromatic carbocycles. The average Bonchev–Trinajstić information content (AvgIpc) is 2.66. The highest BCUT2D eigenvalue weighted by molar-refractivity contribution is 6.02. The first kappa shape index (κ1) is 24.8. The first-order valence-corrected chi connectivity index (χ1v) is 9.81. The number of rotatable bonds is 7. The Morgan fingerprint density at radius 3 is 2.28 bits per heavy atom. The molecule has 0 aromatic heterocycles. The van der Waals surface area contributed by atoms with E-state index < -0.39 is 11.7 Å². The zero-order valence-corrected chi connectivity index (χ0v) is 18.1. The highest BCUT2D eigenvalue weighted by Gasteiger charge is 2.29. The summed E-state index contributed by atoms with van der Waals surface area (Å²) in [7, 11) is 0. The molecule has 0 spiro atoms. The molecule has 0 unspecified atom stereocenters. The normalized spacial score (nSPS) is 12.3. The van der Waals surface area contributed by atoms with Crippen LogP contribution in [0.15, 0.2) is 53.6 Å². The van der Waals surface area contributed by atoms with Gasteiger partial charge < -0.3 is 21.7 Å².